The van der Waals surface area contributed by atoms with Gasteiger partial charge in [0, 0.05) is 12.4 Å². The molecule has 2 aromatic carbocycles. The van der Waals surface area contributed by atoms with E-state index in [0.717, 1.165) is 10.9 Å². The van der Waals surface area contributed by atoms with E-state index in [2.05, 4.69) is 5.10 Å². The lowest BCUT2D eigenvalue weighted by Gasteiger charge is -2.06. The molecule has 0 amide bonds. The number of nitrogen functional groups attached to an aromatic ring is 1. The molecule has 5 heteroatoms. The lowest BCUT2D eigenvalue weighted by molar-refractivity contribution is 0.472. The zero-order valence-corrected chi connectivity index (χ0v) is 10.3. The topological polar surface area (TPSA) is 64.1 Å². The molecule has 0 aliphatic rings. The van der Waals surface area contributed by atoms with Gasteiger partial charge in [0.05, 0.1) is 11.1 Å². The van der Waals surface area contributed by atoms with Gasteiger partial charge in [-0.25, -0.2) is 4.39 Å². The second-order valence-corrected chi connectivity index (χ2v) is 4.37. The Morgan fingerprint density at radius 2 is 2.05 bits per heavy atom. The maximum Gasteiger partial charge on any atom is 0.153 e. The van der Waals surface area contributed by atoms with Crippen molar-refractivity contribution in [3.8, 4) is 16.9 Å². The van der Waals surface area contributed by atoms with Gasteiger partial charge in [-0.15, -0.1) is 0 Å². The number of anilines is 1. The molecule has 1 heterocycles. The molecule has 0 aliphatic carbocycles. The van der Waals surface area contributed by atoms with Crippen LogP contribution in [0.5, 0.6) is 5.75 Å². The Kier molecular flexibility index (Phi) is 2.41. The number of halogens is 1. The second-order valence-electron chi connectivity index (χ2n) is 4.37. The number of aromatic hydroxyl groups is 1. The molecule has 4 nitrogen and oxygen atoms in total. The van der Waals surface area contributed by atoms with Crippen molar-refractivity contribution in [3.63, 3.8) is 0 Å². The maximum atomic E-state index is 13.8. The Morgan fingerprint density at radius 3 is 2.79 bits per heavy atom. The molecule has 0 saturated heterocycles. The first-order valence-corrected chi connectivity index (χ1v) is 5.78. The number of nitrogens with two attached hydrogens (primary N) is 1. The summed E-state index contributed by atoms with van der Waals surface area (Å²) in [5.74, 6) is -0.120. The number of phenolic OH excluding ortho intramolecular Hbond substituents is 1. The average molecular weight is 257 g/mol. The third kappa shape index (κ3) is 1.71. The molecule has 19 heavy (non-hydrogen) atoms. The highest BCUT2D eigenvalue weighted by Gasteiger charge is 2.13. The van der Waals surface area contributed by atoms with Gasteiger partial charge in [-0.05, 0) is 29.8 Å². The molecular formula is C14H12FN3O. The first kappa shape index (κ1) is 11.5. The Bertz CT molecular complexity index is 759. The van der Waals surface area contributed by atoms with Crippen molar-refractivity contribution in [1.82, 2.24) is 9.78 Å². The van der Waals surface area contributed by atoms with Crippen LogP contribution in [0.25, 0.3) is 22.0 Å². The van der Waals surface area contributed by atoms with Crippen molar-refractivity contribution in [2.45, 2.75) is 0 Å². The fraction of sp³-hybridized carbons (Fsp3) is 0.0714. The third-order valence-corrected chi connectivity index (χ3v) is 3.16. The van der Waals surface area contributed by atoms with E-state index in [1.807, 2.05) is 0 Å². The minimum absolute atomic E-state index is 0.0884. The normalized spacial score (nSPS) is 11.1. The van der Waals surface area contributed by atoms with Crippen molar-refractivity contribution in [3.05, 3.63) is 42.2 Å². The van der Waals surface area contributed by atoms with Gasteiger partial charge in [-0.1, -0.05) is 12.1 Å². The van der Waals surface area contributed by atoms with Crippen LogP contribution in [0.1, 0.15) is 0 Å². The maximum absolute atomic E-state index is 13.8. The summed E-state index contributed by atoms with van der Waals surface area (Å²) < 4.78 is 15.5. The molecule has 0 radical (unpaired) electrons. The number of hydrogen-bond acceptors (Lipinski definition) is 3. The number of aromatic nitrogens is 2. The van der Waals surface area contributed by atoms with Crippen LogP contribution in [0.4, 0.5) is 10.2 Å². The van der Waals surface area contributed by atoms with Gasteiger partial charge < -0.3 is 10.8 Å². The van der Waals surface area contributed by atoms with Gasteiger partial charge in [0.1, 0.15) is 11.6 Å². The lowest BCUT2D eigenvalue weighted by Crippen LogP contribution is -1.91. The summed E-state index contributed by atoms with van der Waals surface area (Å²) in [4.78, 5) is 0. The van der Waals surface area contributed by atoms with Crippen LogP contribution in [0.3, 0.4) is 0 Å². The Labute approximate surface area is 108 Å². The van der Waals surface area contributed by atoms with Crippen molar-refractivity contribution in [1.29, 1.82) is 0 Å². The zero-order valence-electron chi connectivity index (χ0n) is 10.3. The molecule has 0 saturated carbocycles. The van der Waals surface area contributed by atoms with E-state index in [1.54, 1.807) is 29.9 Å². The Hall–Kier alpha value is -2.56. The van der Waals surface area contributed by atoms with Crippen LogP contribution in [0, 0.1) is 5.82 Å². The van der Waals surface area contributed by atoms with Gasteiger partial charge in [0.25, 0.3) is 0 Å². The molecule has 3 aromatic rings. The largest absolute Gasteiger partial charge is 0.507 e. The minimum atomic E-state index is -0.463. The van der Waals surface area contributed by atoms with Crippen LogP contribution < -0.4 is 5.73 Å². The molecular weight excluding hydrogens is 245 g/mol. The van der Waals surface area contributed by atoms with Gasteiger partial charge in [0.15, 0.2) is 5.82 Å². The van der Waals surface area contributed by atoms with Crippen molar-refractivity contribution < 1.29 is 9.50 Å². The molecule has 96 valence electrons. The van der Waals surface area contributed by atoms with E-state index in [1.165, 1.54) is 18.2 Å². The van der Waals surface area contributed by atoms with E-state index < -0.39 is 5.82 Å². The molecule has 1 aromatic heterocycles. The number of benzene rings is 2. The highest BCUT2D eigenvalue weighted by molar-refractivity contribution is 5.92. The molecule has 3 rings (SSSR count). The number of phenols is 1. The molecule has 0 bridgehead atoms. The monoisotopic (exact) mass is 257 g/mol. The number of fused-ring (bicyclic) bond motifs is 1. The van der Waals surface area contributed by atoms with Gasteiger partial charge >= 0.3 is 0 Å². The summed E-state index contributed by atoms with van der Waals surface area (Å²) in [5.41, 5.74) is 7.33. The highest BCUT2D eigenvalue weighted by atomic mass is 19.1. The molecule has 0 unspecified atom stereocenters. The van der Waals surface area contributed by atoms with Crippen molar-refractivity contribution in [2.24, 2.45) is 7.05 Å². The fourth-order valence-corrected chi connectivity index (χ4v) is 2.24. The molecule has 0 aliphatic heterocycles. The van der Waals surface area contributed by atoms with Gasteiger partial charge in [0.2, 0.25) is 0 Å². The van der Waals surface area contributed by atoms with E-state index in [0.29, 0.717) is 11.4 Å². The quantitative estimate of drug-likeness (QED) is 0.704. The first-order chi connectivity index (χ1) is 9.08. The van der Waals surface area contributed by atoms with Crippen molar-refractivity contribution in [2.75, 3.05) is 5.73 Å². The summed E-state index contributed by atoms with van der Waals surface area (Å²) in [6.45, 7) is 0. The van der Waals surface area contributed by atoms with Crippen LogP contribution in [0.15, 0.2) is 36.4 Å². The van der Waals surface area contributed by atoms with Crippen LogP contribution >= 0.6 is 0 Å². The predicted octanol–water partition coefficient (Wildman–Crippen LogP) is 2.67. The zero-order chi connectivity index (χ0) is 13.6. The molecule has 0 atom stereocenters. The van der Waals surface area contributed by atoms with E-state index in [-0.39, 0.29) is 11.3 Å². The van der Waals surface area contributed by atoms with Crippen molar-refractivity contribution >= 4 is 16.7 Å². The first-order valence-electron chi connectivity index (χ1n) is 5.78. The fourth-order valence-electron chi connectivity index (χ4n) is 2.24. The summed E-state index contributed by atoms with van der Waals surface area (Å²) in [5, 5.41) is 14.7. The van der Waals surface area contributed by atoms with Crippen LogP contribution in [-0.2, 0) is 7.05 Å². The van der Waals surface area contributed by atoms with Gasteiger partial charge in [-0.3, -0.25) is 4.68 Å². The molecule has 3 N–H and O–H groups in total. The molecule has 0 spiro atoms. The smallest absolute Gasteiger partial charge is 0.153 e. The standard InChI is InChI=1S/C14H12FN3O/c1-18-11-7-8(5-6-9(11)14(16)17-18)13-10(15)3-2-4-12(13)19/h2-7,19H,1H3,(H2,16,17). The Morgan fingerprint density at radius 1 is 1.26 bits per heavy atom. The predicted molar refractivity (Wildman–Crippen MR) is 72.2 cm³/mol. The summed E-state index contributed by atoms with van der Waals surface area (Å²) in [7, 11) is 1.77. The van der Waals surface area contributed by atoms with Crippen LogP contribution in [-0.4, -0.2) is 14.9 Å². The van der Waals surface area contributed by atoms with E-state index >= 15 is 0 Å². The number of rotatable bonds is 1. The number of hydrogen-bond donors (Lipinski definition) is 2. The lowest BCUT2D eigenvalue weighted by atomic mass is 10.0. The summed E-state index contributed by atoms with van der Waals surface area (Å²) in [6.07, 6.45) is 0. The number of aryl methyl sites for hydroxylation is 1. The third-order valence-electron chi connectivity index (χ3n) is 3.16. The minimum Gasteiger partial charge on any atom is -0.507 e. The van der Waals surface area contributed by atoms with E-state index in [4.69, 9.17) is 5.73 Å². The second kappa shape index (κ2) is 3.98. The summed E-state index contributed by atoms with van der Waals surface area (Å²) in [6, 6.07) is 9.50. The average Bonchev–Trinajstić information content (AvgIpc) is 2.65. The van der Waals surface area contributed by atoms with Gasteiger partial charge in [-0.2, -0.15) is 5.10 Å². The SMILES string of the molecule is Cn1nc(N)c2ccc(-c3c(O)cccc3F)cc21. The Balaban J connectivity index is 2.29. The summed E-state index contributed by atoms with van der Waals surface area (Å²) >= 11 is 0. The number of nitrogens with zero attached hydrogens (tertiary/aromatic N) is 2. The van der Waals surface area contributed by atoms with Crippen LogP contribution in [0.2, 0.25) is 0 Å². The highest BCUT2D eigenvalue weighted by Crippen LogP contribution is 2.34. The molecule has 0 fully saturated rings. The van der Waals surface area contributed by atoms with E-state index in [9.17, 15) is 9.50 Å².